The van der Waals surface area contributed by atoms with Crippen LogP contribution in [0.2, 0.25) is 0 Å². The third-order valence-corrected chi connectivity index (χ3v) is 4.82. The summed E-state index contributed by atoms with van der Waals surface area (Å²) in [4.78, 5) is 0. The molecule has 0 saturated carbocycles. The summed E-state index contributed by atoms with van der Waals surface area (Å²) in [5, 5.41) is 17.2. The lowest BCUT2D eigenvalue weighted by Gasteiger charge is -2.29. The van der Waals surface area contributed by atoms with Crippen molar-refractivity contribution in [2.45, 2.75) is 25.8 Å². The summed E-state index contributed by atoms with van der Waals surface area (Å²) in [6, 6.07) is 3.45. The van der Waals surface area contributed by atoms with E-state index in [2.05, 4.69) is 0 Å². The van der Waals surface area contributed by atoms with Crippen LogP contribution in [0.5, 0.6) is 0 Å². The Kier molecular flexibility index (Phi) is 8.28. The Hall–Kier alpha value is -1.19. The summed E-state index contributed by atoms with van der Waals surface area (Å²) >= 11 is 0. The molecule has 7 nitrogen and oxygen atoms in total. The third kappa shape index (κ3) is 5.53. The second kappa shape index (κ2) is 8.83. The number of ether oxygens (including phenoxy) is 1. The molecule has 0 saturated heterocycles. The van der Waals surface area contributed by atoms with Crippen molar-refractivity contribution in [3.8, 4) is 12.1 Å². The van der Waals surface area contributed by atoms with Gasteiger partial charge in [-0.05, 0) is 6.92 Å². The molecule has 0 aromatic rings. The predicted molar refractivity (Wildman–Crippen MR) is 70.1 cm³/mol. The largest absolute Gasteiger partial charge is 0.383 e. The molecular formula is C11H20N4O3S. The van der Waals surface area contributed by atoms with Gasteiger partial charge in [0.15, 0.2) is 0 Å². The van der Waals surface area contributed by atoms with Gasteiger partial charge in [0.05, 0.1) is 25.2 Å². The van der Waals surface area contributed by atoms with Gasteiger partial charge >= 0.3 is 0 Å². The van der Waals surface area contributed by atoms with Crippen LogP contribution in [-0.2, 0) is 14.9 Å². The average Bonchev–Trinajstić information content (AvgIpc) is 2.37. The first-order valence-electron chi connectivity index (χ1n) is 5.87. The first-order chi connectivity index (χ1) is 8.91. The standard InChI is InChI=1S/C11H20N4O3S/c1-11(5-7-13)14(2)19(16,17)15(8-4-6-12)9-10-18-3/h11H,4-5,8-10H2,1-3H3/t11-/m0/s1. The molecule has 0 radical (unpaired) electrons. The summed E-state index contributed by atoms with van der Waals surface area (Å²) < 4.78 is 31.9. The van der Waals surface area contributed by atoms with Crippen molar-refractivity contribution in [3.05, 3.63) is 0 Å². The molecule has 0 spiro atoms. The van der Waals surface area contributed by atoms with E-state index in [1.165, 1.54) is 18.5 Å². The Morgan fingerprint density at radius 1 is 1.26 bits per heavy atom. The fourth-order valence-corrected chi connectivity index (χ4v) is 2.90. The Bertz CT molecular complexity index is 438. The summed E-state index contributed by atoms with van der Waals surface area (Å²) in [6.45, 7) is 2.22. The number of methoxy groups -OCH3 is 1. The van der Waals surface area contributed by atoms with E-state index in [0.29, 0.717) is 0 Å². The fraction of sp³-hybridized carbons (Fsp3) is 0.818. The van der Waals surface area contributed by atoms with E-state index in [1.54, 1.807) is 6.92 Å². The van der Waals surface area contributed by atoms with Gasteiger partial charge in [-0.15, -0.1) is 0 Å². The minimum Gasteiger partial charge on any atom is -0.383 e. The number of hydrogen-bond acceptors (Lipinski definition) is 5. The van der Waals surface area contributed by atoms with Crippen molar-refractivity contribution < 1.29 is 13.2 Å². The van der Waals surface area contributed by atoms with Crippen LogP contribution >= 0.6 is 0 Å². The van der Waals surface area contributed by atoms with Gasteiger partial charge in [0.2, 0.25) is 0 Å². The highest BCUT2D eigenvalue weighted by Crippen LogP contribution is 2.12. The van der Waals surface area contributed by atoms with Crippen molar-refractivity contribution in [1.29, 1.82) is 10.5 Å². The molecule has 0 N–H and O–H groups in total. The molecule has 0 unspecified atom stereocenters. The van der Waals surface area contributed by atoms with Crippen LogP contribution < -0.4 is 0 Å². The molecule has 0 aromatic heterocycles. The number of nitriles is 2. The zero-order valence-corrected chi connectivity index (χ0v) is 12.4. The van der Waals surface area contributed by atoms with E-state index < -0.39 is 16.3 Å². The maximum atomic E-state index is 12.3. The van der Waals surface area contributed by atoms with Gasteiger partial charge in [-0.2, -0.15) is 27.6 Å². The Labute approximate surface area is 115 Å². The van der Waals surface area contributed by atoms with Gasteiger partial charge < -0.3 is 4.74 Å². The Morgan fingerprint density at radius 3 is 2.37 bits per heavy atom. The lowest BCUT2D eigenvalue weighted by atomic mass is 10.3. The quantitative estimate of drug-likeness (QED) is 0.609. The number of hydrogen-bond donors (Lipinski definition) is 0. The molecule has 1 atom stereocenters. The fourth-order valence-electron chi connectivity index (χ4n) is 1.38. The summed E-state index contributed by atoms with van der Waals surface area (Å²) in [7, 11) is -0.765. The molecule has 0 bridgehead atoms. The topological polar surface area (TPSA) is 97.4 Å². The van der Waals surface area contributed by atoms with Gasteiger partial charge in [-0.3, -0.25) is 0 Å². The molecule has 108 valence electrons. The van der Waals surface area contributed by atoms with Gasteiger partial charge in [0, 0.05) is 39.7 Å². The molecule has 8 heteroatoms. The minimum atomic E-state index is -3.68. The van der Waals surface area contributed by atoms with Crippen molar-refractivity contribution in [2.24, 2.45) is 0 Å². The zero-order chi connectivity index (χ0) is 14.9. The monoisotopic (exact) mass is 288 g/mol. The molecule has 0 amide bonds. The van der Waals surface area contributed by atoms with Gasteiger partial charge in [0.1, 0.15) is 0 Å². The van der Waals surface area contributed by atoms with Crippen molar-refractivity contribution in [3.63, 3.8) is 0 Å². The van der Waals surface area contributed by atoms with Crippen molar-refractivity contribution in [2.75, 3.05) is 33.9 Å². The second-order valence-electron chi connectivity index (χ2n) is 4.04. The minimum absolute atomic E-state index is 0.114. The van der Waals surface area contributed by atoms with E-state index in [4.69, 9.17) is 15.3 Å². The van der Waals surface area contributed by atoms with Crippen LogP contribution in [0.25, 0.3) is 0 Å². The van der Waals surface area contributed by atoms with E-state index >= 15 is 0 Å². The first kappa shape index (κ1) is 17.8. The smallest absolute Gasteiger partial charge is 0.282 e. The first-order valence-corrected chi connectivity index (χ1v) is 7.27. The van der Waals surface area contributed by atoms with Gasteiger partial charge in [-0.25, -0.2) is 0 Å². The second-order valence-corrected chi connectivity index (χ2v) is 6.02. The summed E-state index contributed by atoms with van der Waals surface area (Å²) in [5.41, 5.74) is 0. The van der Waals surface area contributed by atoms with Crippen LogP contribution in [0.1, 0.15) is 19.8 Å². The molecule has 0 aliphatic rings. The Balaban J connectivity index is 4.95. The molecule has 0 heterocycles. The molecule has 19 heavy (non-hydrogen) atoms. The third-order valence-electron chi connectivity index (χ3n) is 2.72. The maximum absolute atomic E-state index is 12.3. The van der Waals surface area contributed by atoms with E-state index in [0.717, 1.165) is 4.31 Å². The molecular weight excluding hydrogens is 268 g/mol. The van der Waals surface area contributed by atoms with Crippen LogP contribution in [0.15, 0.2) is 0 Å². The predicted octanol–water partition coefficient (Wildman–Crippen LogP) is 0.327. The van der Waals surface area contributed by atoms with Crippen LogP contribution in [0.3, 0.4) is 0 Å². The molecule has 0 aromatic carbocycles. The van der Waals surface area contributed by atoms with Crippen molar-refractivity contribution >= 4 is 10.2 Å². The van der Waals surface area contributed by atoms with Crippen LogP contribution in [-0.4, -0.2) is 56.9 Å². The average molecular weight is 288 g/mol. The maximum Gasteiger partial charge on any atom is 0.282 e. The van der Waals surface area contributed by atoms with Crippen LogP contribution in [0.4, 0.5) is 0 Å². The SMILES string of the molecule is COCCN(CCC#N)S(=O)(=O)N(C)[C@@H](C)CC#N. The highest BCUT2D eigenvalue weighted by atomic mass is 32.2. The normalized spacial score (nSPS) is 13.2. The molecule has 0 aliphatic heterocycles. The zero-order valence-electron chi connectivity index (χ0n) is 11.5. The molecule has 0 aliphatic carbocycles. The number of rotatable bonds is 9. The molecule has 0 fully saturated rings. The van der Waals surface area contributed by atoms with E-state index in [9.17, 15) is 8.42 Å². The lowest BCUT2D eigenvalue weighted by Crippen LogP contribution is -2.47. The summed E-state index contributed by atoms with van der Waals surface area (Å²) in [5.74, 6) is 0. The highest BCUT2D eigenvalue weighted by Gasteiger charge is 2.29. The van der Waals surface area contributed by atoms with Crippen LogP contribution in [0, 0.1) is 22.7 Å². The van der Waals surface area contributed by atoms with E-state index in [1.807, 2.05) is 12.1 Å². The molecule has 0 rings (SSSR count). The van der Waals surface area contributed by atoms with Gasteiger partial charge in [0.25, 0.3) is 10.2 Å². The highest BCUT2D eigenvalue weighted by molar-refractivity contribution is 7.86. The van der Waals surface area contributed by atoms with Gasteiger partial charge in [-0.1, -0.05) is 0 Å². The number of nitrogens with zero attached hydrogens (tertiary/aromatic N) is 4. The Morgan fingerprint density at radius 2 is 1.89 bits per heavy atom. The van der Waals surface area contributed by atoms with Crippen molar-refractivity contribution in [1.82, 2.24) is 8.61 Å². The summed E-state index contributed by atoms with van der Waals surface area (Å²) in [6.07, 6.45) is 0.232. The van der Waals surface area contributed by atoms with E-state index in [-0.39, 0.29) is 32.5 Å². The lowest BCUT2D eigenvalue weighted by molar-refractivity contribution is 0.176.